The van der Waals surface area contributed by atoms with Crippen molar-refractivity contribution in [2.24, 2.45) is 5.73 Å². The Bertz CT molecular complexity index is 503. The molecule has 2 aromatic heterocycles. The molecule has 0 radical (unpaired) electrons. The molecule has 0 unspecified atom stereocenters. The molecule has 0 saturated heterocycles. The van der Waals surface area contributed by atoms with E-state index in [4.69, 9.17) is 5.73 Å². The minimum absolute atomic E-state index is 0.195. The Morgan fingerprint density at radius 3 is 3.00 bits per heavy atom. The van der Waals surface area contributed by atoms with Gasteiger partial charge in [-0.05, 0) is 6.92 Å². The Balaban J connectivity index is 2.00. The Hall–Kier alpha value is -1.76. The van der Waals surface area contributed by atoms with Crippen molar-refractivity contribution in [1.82, 2.24) is 20.0 Å². The molecule has 0 aromatic carbocycles. The third-order valence-electron chi connectivity index (χ3n) is 2.20. The first-order valence-electron chi connectivity index (χ1n) is 4.75. The minimum Gasteiger partial charge on any atom is -0.364 e. The zero-order chi connectivity index (χ0) is 11.5. The molecule has 6 nitrogen and oxygen atoms in total. The molecule has 84 valence electrons. The van der Waals surface area contributed by atoms with Crippen LogP contribution in [0.15, 0.2) is 11.7 Å². The third kappa shape index (κ3) is 2.25. The number of nitrogens with two attached hydrogens (primary N) is 1. The summed E-state index contributed by atoms with van der Waals surface area (Å²) in [7, 11) is 0. The van der Waals surface area contributed by atoms with Gasteiger partial charge in [-0.3, -0.25) is 9.48 Å². The molecule has 0 aliphatic rings. The highest BCUT2D eigenvalue weighted by molar-refractivity contribution is 7.09. The Morgan fingerprint density at radius 1 is 1.62 bits per heavy atom. The molecule has 7 heteroatoms. The van der Waals surface area contributed by atoms with Gasteiger partial charge in [0.1, 0.15) is 0 Å². The predicted molar refractivity (Wildman–Crippen MR) is 59.1 cm³/mol. The van der Waals surface area contributed by atoms with E-state index >= 15 is 0 Å². The summed E-state index contributed by atoms with van der Waals surface area (Å²) < 4.78 is 1.61. The van der Waals surface area contributed by atoms with Crippen molar-refractivity contribution in [3.8, 4) is 0 Å². The average molecular weight is 237 g/mol. The molecule has 0 atom stereocenters. The van der Waals surface area contributed by atoms with Crippen molar-refractivity contribution < 1.29 is 4.79 Å². The third-order valence-corrected chi connectivity index (χ3v) is 3.20. The molecule has 0 spiro atoms. The molecule has 0 bridgehead atoms. The number of carbonyl (C=O) groups is 1. The standard InChI is InChI=1S/C9H11N5OS/c1-6-8(16-5-11-6)2-3-14-4-7(9(10)15)12-13-14/h4-5H,2-3H2,1H3,(H2,10,15). The van der Waals surface area contributed by atoms with Crippen molar-refractivity contribution in [3.63, 3.8) is 0 Å². The van der Waals surface area contributed by atoms with Gasteiger partial charge in [-0.2, -0.15) is 0 Å². The first-order chi connectivity index (χ1) is 7.66. The number of rotatable bonds is 4. The molecule has 0 aliphatic heterocycles. The highest BCUT2D eigenvalue weighted by Crippen LogP contribution is 2.13. The molecule has 0 saturated carbocycles. The van der Waals surface area contributed by atoms with Gasteiger partial charge in [0.2, 0.25) is 0 Å². The van der Waals surface area contributed by atoms with Crippen LogP contribution in [0.25, 0.3) is 0 Å². The Labute approximate surface area is 96.1 Å². The van der Waals surface area contributed by atoms with Crippen molar-refractivity contribution in [1.29, 1.82) is 0 Å². The number of amides is 1. The molecular formula is C9H11N5OS. The Morgan fingerprint density at radius 2 is 2.44 bits per heavy atom. The topological polar surface area (TPSA) is 86.7 Å². The van der Waals surface area contributed by atoms with Gasteiger partial charge in [-0.25, -0.2) is 4.98 Å². The van der Waals surface area contributed by atoms with Gasteiger partial charge in [0.05, 0.1) is 17.4 Å². The monoisotopic (exact) mass is 237 g/mol. The maximum atomic E-state index is 10.8. The number of hydrogen-bond acceptors (Lipinski definition) is 5. The van der Waals surface area contributed by atoms with Crippen LogP contribution in [0.1, 0.15) is 21.1 Å². The lowest BCUT2D eigenvalue weighted by atomic mass is 10.3. The predicted octanol–water partition coefficient (Wildman–Crippen LogP) is 0.385. The fourth-order valence-corrected chi connectivity index (χ4v) is 2.07. The van der Waals surface area contributed by atoms with Gasteiger partial charge in [0.15, 0.2) is 5.69 Å². The van der Waals surface area contributed by atoms with E-state index in [1.54, 1.807) is 22.2 Å². The van der Waals surface area contributed by atoms with E-state index in [0.717, 1.165) is 12.1 Å². The molecule has 0 fully saturated rings. The Kier molecular flexibility index (Phi) is 2.95. The summed E-state index contributed by atoms with van der Waals surface area (Å²) in [5, 5.41) is 7.48. The maximum absolute atomic E-state index is 10.8. The van der Waals surface area contributed by atoms with E-state index in [-0.39, 0.29) is 5.69 Å². The first-order valence-corrected chi connectivity index (χ1v) is 5.63. The summed E-state index contributed by atoms with van der Waals surface area (Å²) in [5.41, 5.74) is 8.14. The summed E-state index contributed by atoms with van der Waals surface area (Å²) >= 11 is 1.62. The van der Waals surface area contributed by atoms with Crippen LogP contribution in [0.3, 0.4) is 0 Å². The normalized spacial score (nSPS) is 10.6. The van der Waals surface area contributed by atoms with Gasteiger partial charge in [0.25, 0.3) is 5.91 Å². The zero-order valence-electron chi connectivity index (χ0n) is 8.75. The van der Waals surface area contributed by atoms with E-state index in [2.05, 4.69) is 15.3 Å². The van der Waals surface area contributed by atoms with Crippen LogP contribution in [0.4, 0.5) is 0 Å². The lowest BCUT2D eigenvalue weighted by Crippen LogP contribution is -2.11. The lowest BCUT2D eigenvalue weighted by Gasteiger charge is -1.98. The van der Waals surface area contributed by atoms with Crippen molar-refractivity contribution in [2.75, 3.05) is 0 Å². The second-order valence-corrected chi connectivity index (χ2v) is 4.28. The van der Waals surface area contributed by atoms with Gasteiger partial charge in [-0.1, -0.05) is 5.21 Å². The second-order valence-electron chi connectivity index (χ2n) is 3.34. The molecule has 2 aromatic rings. The second kappa shape index (κ2) is 4.40. The van der Waals surface area contributed by atoms with Crippen LogP contribution < -0.4 is 5.73 Å². The number of aromatic nitrogens is 4. The van der Waals surface area contributed by atoms with Gasteiger partial charge in [-0.15, -0.1) is 16.4 Å². The van der Waals surface area contributed by atoms with Crippen LogP contribution in [-0.2, 0) is 13.0 Å². The molecule has 0 aliphatic carbocycles. The molecule has 2 N–H and O–H groups in total. The molecule has 1 amide bonds. The van der Waals surface area contributed by atoms with E-state index < -0.39 is 5.91 Å². The van der Waals surface area contributed by atoms with Crippen molar-refractivity contribution in [2.45, 2.75) is 19.9 Å². The molecule has 2 rings (SSSR count). The van der Waals surface area contributed by atoms with E-state index in [0.29, 0.717) is 6.54 Å². The number of hydrogen-bond donors (Lipinski definition) is 1. The van der Waals surface area contributed by atoms with Crippen molar-refractivity contribution in [3.05, 3.63) is 28.0 Å². The van der Waals surface area contributed by atoms with Gasteiger partial charge >= 0.3 is 0 Å². The molecule has 16 heavy (non-hydrogen) atoms. The van der Waals surface area contributed by atoms with Gasteiger partial charge in [0, 0.05) is 17.8 Å². The minimum atomic E-state index is -0.555. The SMILES string of the molecule is Cc1ncsc1CCn1cc(C(N)=O)nn1. The smallest absolute Gasteiger partial charge is 0.270 e. The fraction of sp³-hybridized carbons (Fsp3) is 0.333. The summed E-state index contributed by atoms with van der Waals surface area (Å²) in [6.07, 6.45) is 2.39. The van der Waals surface area contributed by atoms with E-state index in [9.17, 15) is 4.79 Å². The molecular weight excluding hydrogens is 226 g/mol. The quantitative estimate of drug-likeness (QED) is 0.833. The number of primary amides is 1. The highest BCUT2D eigenvalue weighted by Gasteiger charge is 2.07. The van der Waals surface area contributed by atoms with Crippen molar-refractivity contribution >= 4 is 17.2 Å². The number of aryl methyl sites for hydroxylation is 3. The van der Waals surface area contributed by atoms with Crippen LogP contribution in [0, 0.1) is 6.92 Å². The summed E-state index contributed by atoms with van der Waals surface area (Å²) in [6.45, 7) is 2.64. The first kappa shape index (κ1) is 10.7. The summed E-state index contributed by atoms with van der Waals surface area (Å²) in [5.74, 6) is -0.555. The highest BCUT2D eigenvalue weighted by atomic mass is 32.1. The number of carbonyl (C=O) groups excluding carboxylic acids is 1. The van der Waals surface area contributed by atoms with E-state index in [1.807, 2.05) is 12.4 Å². The zero-order valence-corrected chi connectivity index (χ0v) is 9.57. The largest absolute Gasteiger partial charge is 0.364 e. The lowest BCUT2D eigenvalue weighted by molar-refractivity contribution is 0.0995. The fourth-order valence-electron chi connectivity index (χ4n) is 1.30. The summed E-state index contributed by atoms with van der Waals surface area (Å²) in [4.78, 5) is 16.2. The van der Waals surface area contributed by atoms with Crippen LogP contribution in [0.5, 0.6) is 0 Å². The van der Waals surface area contributed by atoms with Crippen LogP contribution in [-0.4, -0.2) is 25.9 Å². The maximum Gasteiger partial charge on any atom is 0.270 e. The summed E-state index contributed by atoms with van der Waals surface area (Å²) in [6, 6.07) is 0. The average Bonchev–Trinajstić information content (AvgIpc) is 2.83. The van der Waals surface area contributed by atoms with E-state index in [1.165, 1.54) is 4.88 Å². The van der Waals surface area contributed by atoms with Crippen LogP contribution in [0.2, 0.25) is 0 Å². The van der Waals surface area contributed by atoms with Crippen LogP contribution >= 0.6 is 11.3 Å². The number of thiazole rings is 1. The molecule has 2 heterocycles. The number of nitrogens with zero attached hydrogens (tertiary/aromatic N) is 4. The van der Waals surface area contributed by atoms with Gasteiger partial charge < -0.3 is 5.73 Å².